The van der Waals surface area contributed by atoms with Gasteiger partial charge < -0.3 is 5.11 Å². The smallest absolute Gasteiger partial charge is 0.262 e. The molecule has 0 atom stereocenters. The van der Waals surface area contributed by atoms with E-state index in [1.54, 1.807) is 22.8 Å². The monoisotopic (exact) mass is 340 g/mol. The molecular formula is C16H21ClN2O2S. The number of unbranched alkanes of at least 4 members (excludes halogenated alkanes) is 2. The van der Waals surface area contributed by atoms with E-state index in [1.807, 2.05) is 0 Å². The van der Waals surface area contributed by atoms with Gasteiger partial charge in [-0.2, -0.15) is 0 Å². The molecule has 0 saturated carbocycles. The van der Waals surface area contributed by atoms with Gasteiger partial charge in [0.2, 0.25) is 0 Å². The number of benzene rings is 1. The molecule has 120 valence electrons. The van der Waals surface area contributed by atoms with Crippen molar-refractivity contribution in [1.29, 1.82) is 0 Å². The van der Waals surface area contributed by atoms with Crippen molar-refractivity contribution in [1.82, 2.24) is 9.55 Å². The van der Waals surface area contributed by atoms with E-state index in [0.717, 1.165) is 25.0 Å². The molecule has 0 amide bonds. The Kier molecular flexibility index (Phi) is 6.73. The number of aromatic nitrogens is 2. The van der Waals surface area contributed by atoms with Gasteiger partial charge in [-0.25, -0.2) is 4.98 Å². The van der Waals surface area contributed by atoms with Crippen LogP contribution in [0.3, 0.4) is 0 Å². The van der Waals surface area contributed by atoms with Gasteiger partial charge in [0.15, 0.2) is 5.16 Å². The molecule has 1 heterocycles. The van der Waals surface area contributed by atoms with Crippen molar-refractivity contribution in [2.24, 2.45) is 0 Å². The van der Waals surface area contributed by atoms with Crippen molar-refractivity contribution in [2.75, 3.05) is 12.4 Å². The Bertz CT molecular complexity index is 688. The molecule has 0 fully saturated rings. The van der Waals surface area contributed by atoms with E-state index < -0.39 is 0 Å². The maximum atomic E-state index is 12.7. The summed E-state index contributed by atoms with van der Waals surface area (Å²) in [5.41, 5.74) is 0.625. The maximum absolute atomic E-state index is 12.7. The Morgan fingerprint density at radius 3 is 2.86 bits per heavy atom. The van der Waals surface area contributed by atoms with Gasteiger partial charge in [0.05, 0.1) is 10.9 Å². The molecule has 2 aromatic rings. The molecule has 1 N–H and O–H groups in total. The molecule has 0 aliphatic heterocycles. The fraction of sp³-hybridized carbons (Fsp3) is 0.500. The quantitative estimate of drug-likeness (QED) is 0.452. The van der Waals surface area contributed by atoms with Gasteiger partial charge >= 0.3 is 0 Å². The molecule has 4 nitrogen and oxygen atoms in total. The summed E-state index contributed by atoms with van der Waals surface area (Å²) >= 11 is 7.52. The zero-order chi connectivity index (χ0) is 15.9. The third-order valence-electron chi connectivity index (χ3n) is 3.40. The highest BCUT2D eigenvalue weighted by molar-refractivity contribution is 7.99. The lowest BCUT2D eigenvalue weighted by Crippen LogP contribution is -2.23. The second-order valence-electron chi connectivity index (χ2n) is 5.15. The average Bonchev–Trinajstić information content (AvgIpc) is 2.50. The second-order valence-corrected chi connectivity index (χ2v) is 6.64. The Labute approximate surface area is 139 Å². The predicted molar refractivity (Wildman–Crippen MR) is 93.0 cm³/mol. The Morgan fingerprint density at radius 1 is 1.32 bits per heavy atom. The fourth-order valence-electron chi connectivity index (χ4n) is 2.23. The molecule has 1 aromatic heterocycles. The van der Waals surface area contributed by atoms with Gasteiger partial charge in [0.25, 0.3) is 5.56 Å². The van der Waals surface area contributed by atoms with E-state index in [4.69, 9.17) is 16.7 Å². The summed E-state index contributed by atoms with van der Waals surface area (Å²) in [5, 5.41) is 10.8. The minimum atomic E-state index is -0.00994. The number of fused-ring (bicyclic) bond motifs is 1. The third-order valence-corrected chi connectivity index (χ3v) is 4.70. The zero-order valence-electron chi connectivity index (χ0n) is 12.7. The zero-order valence-corrected chi connectivity index (χ0v) is 14.3. The highest BCUT2D eigenvalue weighted by Crippen LogP contribution is 2.21. The molecule has 0 bridgehead atoms. The molecule has 0 unspecified atom stereocenters. The number of rotatable bonds is 8. The molecule has 6 heteroatoms. The third kappa shape index (κ3) is 4.24. The van der Waals surface area contributed by atoms with Crippen molar-refractivity contribution < 1.29 is 5.11 Å². The number of hydrogen-bond donors (Lipinski definition) is 1. The lowest BCUT2D eigenvalue weighted by molar-refractivity contribution is 0.296. The van der Waals surface area contributed by atoms with Gasteiger partial charge in [-0.05, 0) is 31.0 Å². The van der Waals surface area contributed by atoms with Crippen LogP contribution in [0, 0.1) is 0 Å². The van der Waals surface area contributed by atoms with Crippen LogP contribution in [-0.4, -0.2) is 27.0 Å². The number of thioether (sulfide) groups is 1. The largest absolute Gasteiger partial charge is 0.396 e. The van der Waals surface area contributed by atoms with Gasteiger partial charge in [-0.15, -0.1) is 0 Å². The molecular weight excluding hydrogens is 320 g/mol. The highest BCUT2D eigenvalue weighted by Gasteiger charge is 2.11. The van der Waals surface area contributed by atoms with E-state index in [1.165, 1.54) is 11.8 Å². The van der Waals surface area contributed by atoms with Crippen LogP contribution in [-0.2, 0) is 6.54 Å². The van der Waals surface area contributed by atoms with E-state index in [9.17, 15) is 4.79 Å². The molecule has 2 rings (SSSR count). The van der Waals surface area contributed by atoms with Gasteiger partial charge in [-0.3, -0.25) is 9.36 Å². The van der Waals surface area contributed by atoms with E-state index in [0.29, 0.717) is 34.0 Å². The summed E-state index contributed by atoms with van der Waals surface area (Å²) in [6, 6.07) is 5.19. The number of hydrogen-bond acceptors (Lipinski definition) is 4. The number of aliphatic hydroxyl groups is 1. The van der Waals surface area contributed by atoms with Crippen LogP contribution in [0.2, 0.25) is 5.02 Å². The lowest BCUT2D eigenvalue weighted by Gasteiger charge is -2.13. The van der Waals surface area contributed by atoms with Gasteiger partial charge in [-0.1, -0.05) is 43.1 Å². The van der Waals surface area contributed by atoms with Crippen molar-refractivity contribution in [3.8, 4) is 0 Å². The number of halogens is 1. The van der Waals surface area contributed by atoms with Crippen molar-refractivity contribution in [3.63, 3.8) is 0 Å². The molecule has 0 radical (unpaired) electrons. The summed E-state index contributed by atoms with van der Waals surface area (Å²) in [6.45, 7) is 2.96. The minimum absolute atomic E-state index is 0.00994. The number of nitrogens with zero attached hydrogens (tertiary/aromatic N) is 2. The molecule has 0 aliphatic carbocycles. The molecule has 0 spiro atoms. The van der Waals surface area contributed by atoms with E-state index in [2.05, 4.69) is 11.9 Å². The van der Waals surface area contributed by atoms with Crippen molar-refractivity contribution in [2.45, 2.75) is 44.3 Å². The maximum Gasteiger partial charge on any atom is 0.262 e. The minimum Gasteiger partial charge on any atom is -0.396 e. The highest BCUT2D eigenvalue weighted by atomic mass is 35.5. The summed E-state index contributed by atoms with van der Waals surface area (Å²) < 4.78 is 1.76. The van der Waals surface area contributed by atoms with E-state index in [-0.39, 0.29) is 12.2 Å². The van der Waals surface area contributed by atoms with Crippen molar-refractivity contribution >= 4 is 34.3 Å². The Morgan fingerprint density at radius 2 is 2.14 bits per heavy atom. The van der Waals surface area contributed by atoms with Crippen LogP contribution in [0.1, 0.15) is 32.6 Å². The van der Waals surface area contributed by atoms with Crippen LogP contribution in [0.15, 0.2) is 28.2 Å². The first-order valence-corrected chi connectivity index (χ1v) is 8.97. The van der Waals surface area contributed by atoms with E-state index >= 15 is 0 Å². The summed E-state index contributed by atoms with van der Waals surface area (Å²) in [4.78, 5) is 17.3. The second kappa shape index (κ2) is 8.56. The van der Waals surface area contributed by atoms with Crippen LogP contribution in [0.25, 0.3) is 10.9 Å². The van der Waals surface area contributed by atoms with Crippen LogP contribution < -0.4 is 5.56 Å². The molecule has 1 aromatic carbocycles. The first kappa shape index (κ1) is 17.3. The van der Waals surface area contributed by atoms with Crippen LogP contribution in [0.5, 0.6) is 0 Å². The van der Waals surface area contributed by atoms with Gasteiger partial charge in [0.1, 0.15) is 0 Å². The van der Waals surface area contributed by atoms with Crippen LogP contribution >= 0.6 is 23.4 Å². The van der Waals surface area contributed by atoms with Crippen molar-refractivity contribution in [3.05, 3.63) is 33.6 Å². The predicted octanol–water partition coefficient (Wildman–Crippen LogP) is 3.71. The molecule has 0 aliphatic rings. The summed E-state index contributed by atoms with van der Waals surface area (Å²) in [6.07, 6.45) is 3.85. The fourth-order valence-corrected chi connectivity index (χ4v) is 3.34. The Hall–Kier alpha value is -1.04. The lowest BCUT2D eigenvalue weighted by atomic mass is 10.2. The van der Waals surface area contributed by atoms with Gasteiger partial charge in [0, 0.05) is 23.9 Å². The number of aliphatic hydroxyl groups excluding tert-OH is 1. The summed E-state index contributed by atoms with van der Waals surface area (Å²) in [7, 11) is 0. The first-order chi connectivity index (χ1) is 10.7. The SMILES string of the molecule is CCCCCn1c(SCCCO)nc2cc(Cl)ccc2c1=O. The standard InChI is InChI=1S/C16H21ClN2O2S/c1-2-3-4-8-19-15(21)13-7-6-12(17)11-14(13)18-16(19)22-10-5-9-20/h6-7,11,20H,2-5,8-10H2,1H3. The normalized spacial score (nSPS) is 11.2. The molecule has 0 saturated heterocycles. The molecule has 22 heavy (non-hydrogen) atoms. The topological polar surface area (TPSA) is 55.1 Å². The first-order valence-electron chi connectivity index (χ1n) is 7.61. The average molecular weight is 341 g/mol. The Balaban J connectivity index is 2.41. The summed E-state index contributed by atoms with van der Waals surface area (Å²) in [5.74, 6) is 0.739. The van der Waals surface area contributed by atoms with Crippen LogP contribution in [0.4, 0.5) is 0 Å².